The molecule has 1 aromatic heterocycles. The number of benzene rings is 2. The number of carbonyl (C=O) groups excluding carboxylic acids is 1. The van der Waals surface area contributed by atoms with Gasteiger partial charge in [0.2, 0.25) is 0 Å². The van der Waals surface area contributed by atoms with E-state index in [1.165, 1.54) is 0 Å². The van der Waals surface area contributed by atoms with Crippen molar-refractivity contribution in [3.05, 3.63) is 65.9 Å². The van der Waals surface area contributed by atoms with E-state index in [9.17, 15) is 9.59 Å². The zero-order chi connectivity index (χ0) is 14.8. The van der Waals surface area contributed by atoms with Crippen LogP contribution in [0.1, 0.15) is 16.1 Å². The minimum atomic E-state index is -1.50. The molecular weight excluding hydrogens is 268 g/mol. The lowest BCUT2D eigenvalue weighted by molar-refractivity contribution is -0.131. The number of rotatable bonds is 4. The highest BCUT2D eigenvalue weighted by Crippen LogP contribution is 2.20. The smallest absolute Gasteiger partial charge is 0.379 e. The normalized spacial score (nSPS) is 10.7. The molecule has 0 atom stereocenters. The minimum Gasteiger partial charge on any atom is -0.475 e. The second-order valence-electron chi connectivity index (χ2n) is 4.64. The summed E-state index contributed by atoms with van der Waals surface area (Å²) in [4.78, 5) is 22.7. The number of nitrogens with zero attached hydrogens (tertiary/aromatic N) is 2. The van der Waals surface area contributed by atoms with E-state index in [4.69, 9.17) is 5.11 Å². The van der Waals surface area contributed by atoms with E-state index in [0.29, 0.717) is 11.9 Å². The van der Waals surface area contributed by atoms with Crippen LogP contribution in [0.15, 0.2) is 54.6 Å². The molecule has 0 aliphatic carbocycles. The standard InChI is InChI=1S/C16H12N2O3/c19-15(16(20)21)14-12-8-4-5-9-13(12)18(17-14)10-11-6-2-1-3-7-11/h1-9H,10H2,(H,20,21). The van der Waals surface area contributed by atoms with E-state index in [1.807, 2.05) is 42.5 Å². The van der Waals surface area contributed by atoms with Crippen LogP contribution in [-0.2, 0) is 11.3 Å². The van der Waals surface area contributed by atoms with E-state index in [0.717, 1.165) is 11.1 Å². The maximum atomic E-state index is 11.7. The van der Waals surface area contributed by atoms with E-state index in [2.05, 4.69) is 5.10 Å². The average molecular weight is 280 g/mol. The Balaban J connectivity index is 2.11. The molecule has 0 fully saturated rings. The van der Waals surface area contributed by atoms with E-state index in [-0.39, 0.29) is 5.69 Å². The van der Waals surface area contributed by atoms with Gasteiger partial charge in [-0.25, -0.2) is 4.79 Å². The summed E-state index contributed by atoms with van der Waals surface area (Å²) < 4.78 is 1.65. The van der Waals surface area contributed by atoms with Crippen molar-refractivity contribution in [2.45, 2.75) is 6.54 Å². The van der Waals surface area contributed by atoms with Gasteiger partial charge in [-0.15, -0.1) is 0 Å². The van der Waals surface area contributed by atoms with Crippen molar-refractivity contribution in [3.8, 4) is 0 Å². The maximum absolute atomic E-state index is 11.7. The van der Waals surface area contributed by atoms with Crippen molar-refractivity contribution in [1.29, 1.82) is 0 Å². The molecule has 2 aromatic carbocycles. The third-order valence-electron chi connectivity index (χ3n) is 3.24. The van der Waals surface area contributed by atoms with Crippen molar-refractivity contribution < 1.29 is 14.7 Å². The van der Waals surface area contributed by atoms with Gasteiger partial charge >= 0.3 is 5.97 Å². The molecule has 5 heteroatoms. The number of carbonyl (C=O) groups is 2. The lowest BCUT2D eigenvalue weighted by Gasteiger charge is -2.03. The fourth-order valence-corrected chi connectivity index (χ4v) is 2.27. The summed E-state index contributed by atoms with van der Waals surface area (Å²) in [5.41, 5.74) is 1.75. The van der Waals surface area contributed by atoms with Crippen LogP contribution in [0.25, 0.3) is 10.9 Å². The van der Waals surface area contributed by atoms with Crippen LogP contribution < -0.4 is 0 Å². The summed E-state index contributed by atoms with van der Waals surface area (Å²) in [6, 6.07) is 16.8. The largest absolute Gasteiger partial charge is 0.475 e. The minimum absolute atomic E-state index is 0.0194. The first-order valence-electron chi connectivity index (χ1n) is 6.44. The molecule has 0 spiro atoms. The number of Topliss-reactive ketones (excluding diaryl/α,β-unsaturated/α-hetero) is 1. The van der Waals surface area contributed by atoms with Gasteiger partial charge in [0.05, 0.1) is 12.1 Å². The van der Waals surface area contributed by atoms with Gasteiger partial charge in [-0.05, 0) is 11.6 Å². The molecule has 0 aliphatic heterocycles. The molecule has 5 nitrogen and oxygen atoms in total. The zero-order valence-electron chi connectivity index (χ0n) is 11.1. The third kappa shape index (κ3) is 2.41. The first-order chi connectivity index (χ1) is 10.2. The summed E-state index contributed by atoms with van der Waals surface area (Å²) in [6.07, 6.45) is 0. The van der Waals surface area contributed by atoms with Crippen LogP contribution in [0.3, 0.4) is 0 Å². The van der Waals surface area contributed by atoms with Gasteiger partial charge < -0.3 is 5.11 Å². The van der Waals surface area contributed by atoms with E-state index in [1.54, 1.807) is 16.8 Å². The number of carboxylic acids is 1. The monoisotopic (exact) mass is 280 g/mol. The van der Waals surface area contributed by atoms with E-state index >= 15 is 0 Å². The Morgan fingerprint density at radius 3 is 2.38 bits per heavy atom. The number of para-hydroxylation sites is 1. The number of carboxylic acid groups (broad SMARTS) is 1. The van der Waals surface area contributed by atoms with Gasteiger partial charge in [-0.1, -0.05) is 48.5 Å². The predicted octanol–water partition coefficient (Wildman–Crippen LogP) is 2.35. The number of aromatic nitrogens is 2. The lowest BCUT2D eigenvalue weighted by Crippen LogP contribution is -2.14. The van der Waals surface area contributed by atoms with Crippen molar-refractivity contribution >= 4 is 22.7 Å². The summed E-state index contributed by atoms with van der Waals surface area (Å²) >= 11 is 0. The molecule has 3 aromatic rings. The highest BCUT2D eigenvalue weighted by Gasteiger charge is 2.22. The Kier molecular flexibility index (Phi) is 3.23. The van der Waals surface area contributed by atoms with Crippen molar-refractivity contribution in [2.75, 3.05) is 0 Å². The molecule has 1 heterocycles. The molecular formula is C16H12N2O3. The molecule has 0 bridgehead atoms. The lowest BCUT2D eigenvalue weighted by atomic mass is 10.1. The number of hydrogen-bond acceptors (Lipinski definition) is 3. The highest BCUT2D eigenvalue weighted by atomic mass is 16.4. The molecule has 0 saturated carbocycles. The van der Waals surface area contributed by atoms with Gasteiger partial charge in [0, 0.05) is 5.39 Å². The summed E-state index contributed by atoms with van der Waals surface area (Å²) in [5.74, 6) is -2.48. The molecule has 1 N–H and O–H groups in total. The van der Waals surface area contributed by atoms with Crippen LogP contribution in [0, 0.1) is 0 Å². The first-order valence-corrected chi connectivity index (χ1v) is 6.44. The summed E-state index contributed by atoms with van der Waals surface area (Å²) in [7, 11) is 0. The second kappa shape index (κ2) is 5.20. The average Bonchev–Trinajstić information content (AvgIpc) is 2.86. The zero-order valence-corrected chi connectivity index (χ0v) is 11.1. The van der Waals surface area contributed by atoms with Gasteiger partial charge in [-0.3, -0.25) is 9.48 Å². The number of aliphatic carboxylic acids is 1. The molecule has 104 valence electrons. The van der Waals surface area contributed by atoms with Crippen LogP contribution in [0.5, 0.6) is 0 Å². The summed E-state index contributed by atoms with van der Waals surface area (Å²) in [5, 5.41) is 13.6. The van der Waals surface area contributed by atoms with Crippen LogP contribution in [0.4, 0.5) is 0 Å². The van der Waals surface area contributed by atoms with Gasteiger partial charge in [0.1, 0.15) is 5.69 Å². The molecule has 0 amide bonds. The number of hydrogen-bond donors (Lipinski definition) is 1. The quantitative estimate of drug-likeness (QED) is 0.588. The predicted molar refractivity (Wildman–Crippen MR) is 77.2 cm³/mol. The number of fused-ring (bicyclic) bond motifs is 1. The Morgan fingerprint density at radius 1 is 1.00 bits per heavy atom. The van der Waals surface area contributed by atoms with Gasteiger partial charge in [0.25, 0.3) is 5.78 Å². The molecule has 0 unspecified atom stereocenters. The SMILES string of the molecule is O=C(O)C(=O)c1nn(Cc2ccccc2)c2ccccc12. The molecule has 0 radical (unpaired) electrons. The molecule has 0 saturated heterocycles. The molecule has 0 aliphatic rings. The number of ketones is 1. The molecule has 21 heavy (non-hydrogen) atoms. The third-order valence-corrected chi connectivity index (χ3v) is 3.24. The fraction of sp³-hybridized carbons (Fsp3) is 0.0625. The highest BCUT2D eigenvalue weighted by molar-refractivity contribution is 6.41. The molecule has 3 rings (SSSR count). The fourth-order valence-electron chi connectivity index (χ4n) is 2.27. The second-order valence-corrected chi connectivity index (χ2v) is 4.64. The van der Waals surface area contributed by atoms with Crippen LogP contribution in [-0.4, -0.2) is 26.6 Å². The summed E-state index contributed by atoms with van der Waals surface area (Å²) in [6.45, 7) is 0.480. The Morgan fingerprint density at radius 2 is 1.67 bits per heavy atom. The van der Waals surface area contributed by atoms with Crippen LogP contribution >= 0.6 is 0 Å². The maximum Gasteiger partial charge on any atom is 0.379 e. The van der Waals surface area contributed by atoms with Crippen molar-refractivity contribution in [3.63, 3.8) is 0 Å². The van der Waals surface area contributed by atoms with Crippen LogP contribution in [0.2, 0.25) is 0 Å². The van der Waals surface area contributed by atoms with Crippen molar-refractivity contribution in [2.24, 2.45) is 0 Å². The van der Waals surface area contributed by atoms with E-state index < -0.39 is 11.8 Å². The first kappa shape index (κ1) is 13.1. The van der Waals surface area contributed by atoms with Crippen molar-refractivity contribution in [1.82, 2.24) is 9.78 Å². The van der Waals surface area contributed by atoms with Gasteiger partial charge in [0.15, 0.2) is 0 Å². The Bertz CT molecular complexity index is 822. The Hall–Kier alpha value is -2.95. The topological polar surface area (TPSA) is 72.2 Å². The Labute approximate surface area is 120 Å². The van der Waals surface area contributed by atoms with Gasteiger partial charge in [-0.2, -0.15) is 5.10 Å².